The predicted molar refractivity (Wildman–Crippen MR) is 95.4 cm³/mol. The zero-order valence-corrected chi connectivity index (χ0v) is 15.2. The fraction of sp³-hybridized carbons (Fsp3) is 0.529. The number of ether oxygens (including phenoxy) is 1. The first kappa shape index (κ1) is 18.9. The number of aliphatic hydroxyl groups excluding tert-OH is 1. The number of likely N-dealkylation sites (tertiary alicyclic amines) is 1. The van der Waals surface area contributed by atoms with Crippen molar-refractivity contribution < 1.29 is 18.3 Å². The Balaban J connectivity index is 1.87. The van der Waals surface area contributed by atoms with Gasteiger partial charge in [-0.2, -0.15) is 0 Å². The van der Waals surface area contributed by atoms with E-state index in [9.17, 15) is 13.5 Å². The average Bonchev–Trinajstić information content (AvgIpc) is 2.87. The number of sulfonamides is 1. The van der Waals surface area contributed by atoms with E-state index in [0.717, 1.165) is 11.3 Å². The molecule has 7 heteroatoms. The molecular weight excluding hydrogens is 328 g/mol. The van der Waals surface area contributed by atoms with Crippen molar-refractivity contribution in [1.82, 2.24) is 9.21 Å². The maximum absolute atomic E-state index is 12.0. The molecule has 6 nitrogen and oxygen atoms in total. The highest BCUT2D eigenvalue weighted by atomic mass is 32.2. The van der Waals surface area contributed by atoms with Crippen molar-refractivity contribution in [3.63, 3.8) is 0 Å². The monoisotopic (exact) mass is 354 g/mol. The largest absolute Gasteiger partial charge is 0.497 e. The highest BCUT2D eigenvalue weighted by molar-refractivity contribution is 7.89. The number of benzene rings is 1. The van der Waals surface area contributed by atoms with Crippen LogP contribution in [0.2, 0.25) is 0 Å². The molecule has 1 heterocycles. The van der Waals surface area contributed by atoms with Crippen molar-refractivity contribution in [2.24, 2.45) is 5.92 Å². The van der Waals surface area contributed by atoms with E-state index in [4.69, 9.17) is 4.74 Å². The minimum atomic E-state index is -3.29. The number of rotatable bonds is 7. The molecule has 24 heavy (non-hydrogen) atoms. The van der Waals surface area contributed by atoms with Gasteiger partial charge in [-0.1, -0.05) is 24.3 Å². The lowest BCUT2D eigenvalue weighted by molar-refractivity contribution is 0.150. The molecule has 0 spiro atoms. The van der Waals surface area contributed by atoms with Crippen LogP contribution < -0.4 is 4.74 Å². The maximum Gasteiger partial charge on any atom is 0.214 e. The van der Waals surface area contributed by atoms with Gasteiger partial charge in [0.1, 0.15) is 5.75 Å². The molecule has 1 aromatic carbocycles. The topological polar surface area (TPSA) is 70.1 Å². The van der Waals surface area contributed by atoms with Crippen molar-refractivity contribution in [3.05, 3.63) is 35.9 Å². The van der Waals surface area contributed by atoms with Gasteiger partial charge >= 0.3 is 0 Å². The lowest BCUT2D eigenvalue weighted by atomic mass is 10.1. The second-order valence-corrected chi connectivity index (χ2v) is 8.51. The second kappa shape index (κ2) is 8.11. The number of hydrogen-bond donors (Lipinski definition) is 1. The summed E-state index contributed by atoms with van der Waals surface area (Å²) >= 11 is 0. The van der Waals surface area contributed by atoms with Crippen LogP contribution in [0.25, 0.3) is 6.08 Å². The molecule has 0 bridgehead atoms. The normalized spacial score (nSPS) is 22.5. The van der Waals surface area contributed by atoms with Crippen LogP contribution in [0, 0.1) is 5.92 Å². The van der Waals surface area contributed by atoms with Crippen LogP contribution in [0.3, 0.4) is 0 Å². The SMILES string of the molecule is COc1ccc(/C=C/CN2C[C@@H](CS(=O)(=O)N(C)C)[C@H](O)C2)cc1. The van der Waals surface area contributed by atoms with E-state index in [2.05, 4.69) is 4.90 Å². The Morgan fingerprint density at radius 3 is 2.54 bits per heavy atom. The van der Waals surface area contributed by atoms with E-state index < -0.39 is 16.1 Å². The van der Waals surface area contributed by atoms with Crippen LogP contribution in [0.4, 0.5) is 0 Å². The Kier molecular flexibility index (Phi) is 6.40. The van der Waals surface area contributed by atoms with E-state index in [1.807, 2.05) is 36.4 Å². The standard InChI is InChI=1S/C17H26N2O4S/c1-18(2)24(21,22)13-15-11-19(12-17(15)20)10-4-5-14-6-8-16(23-3)9-7-14/h4-9,15,17,20H,10-13H2,1-3H3/b5-4+/t15-,17+/m0/s1. The van der Waals surface area contributed by atoms with Crippen LogP contribution in [0.1, 0.15) is 5.56 Å². The zero-order chi connectivity index (χ0) is 17.7. The molecular formula is C17H26N2O4S. The summed E-state index contributed by atoms with van der Waals surface area (Å²) in [6.45, 7) is 1.77. The Bertz CT molecular complexity index is 656. The molecule has 1 aliphatic heterocycles. The minimum absolute atomic E-state index is 0.0140. The first-order valence-corrected chi connectivity index (χ1v) is 9.54. The van der Waals surface area contributed by atoms with Crippen molar-refractivity contribution in [2.75, 3.05) is 46.6 Å². The van der Waals surface area contributed by atoms with E-state index in [1.54, 1.807) is 7.11 Å². The van der Waals surface area contributed by atoms with Crippen LogP contribution in [-0.4, -0.2) is 75.4 Å². The van der Waals surface area contributed by atoms with Crippen LogP contribution in [0.5, 0.6) is 5.75 Å². The molecule has 134 valence electrons. The summed E-state index contributed by atoms with van der Waals surface area (Å²) in [4.78, 5) is 2.07. The Hall–Kier alpha value is -1.41. The van der Waals surface area contributed by atoms with Crippen LogP contribution >= 0.6 is 0 Å². The second-order valence-electron chi connectivity index (χ2n) is 6.28. The molecule has 0 aromatic heterocycles. The smallest absolute Gasteiger partial charge is 0.214 e. The molecule has 1 N–H and O–H groups in total. The summed E-state index contributed by atoms with van der Waals surface area (Å²) in [5.74, 6) is 0.561. The summed E-state index contributed by atoms with van der Waals surface area (Å²) in [5.41, 5.74) is 1.07. The van der Waals surface area contributed by atoms with Gasteiger partial charge in [0.15, 0.2) is 0 Å². The number of hydrogen-bond acceptors (Lipinski definition) is 5. The number of methoxy groups -OCH3 is 1. The van der Waals surface area contributed by atoms with Gasteiger partial charge in [0.25, 0.3) is 0 Å². The molecule has 1 aromatic rings. The summed E-state index contributed by atoms with van der Waals surface area (Å²) < 4.78 is 30.3. The van der Waals surface area contributed by atoms with Crippen LogP contribution in [-0.2, 0) is 10.0 Å². The minimum Gasteiger partial charge on any atom is -0.497 e. The fourth-order valence-electron chi connectivity index (χ4n) is 2.73. The molecule has 0 unspecified atom stereocenters. The molecule has 0 radical (unpaired) electrons. The van der Waals surface area contributed by atoms with E-state index in [0.29, 0.717) is 19.6 Å². The quantitative estimate of drug-likeness (QED) is 0.788. The van der Waals surface area contributed by atoms with Gasteiger partial charge in [-0.3, -0.25) is 4.90 Å². The van der Waals surface area contributed by atoms with Gasteiger partial charge < -0.3 is 9.84 Å². The van der Waals surface area contributed by atoms with Gasteiger partial charge in [-0.05, 0) is 17.7 Å². The third-order valence-electron chi connectivity index (χ3n) is 4.25. The molecule has 1 aliphatic rings. The maximum atomic E-state index is 12.0. The molecule has 1 saturated heterocycles. The Labute approximate surface area is 144 Å². The molecule has 0 saturated carbocycles. The molecule has 0 aliphatic carbocycles. The highest BCUT2D eigenvalue weighted by Crippen LogP contribution is 2.20. The fourth-order valence-corrected chi connectivity index (χ4v) is 3.89. The van der Waals surface area contributed by atoms with Crippen molar-refractivity contribution in [2.45, 2.75) is 6.10 Å². The molecule has 1 fully saturated rings. The number of aliphatic hydroxyl groups is 1. The average molecular weight is 354 g/mol. The zero-order valence-electron chi connectivity index (χ0n) is 14.4. The van der Waals surface area contributed by atoms with E-state index in [-0.39, 0.29) is 11.7 Å². The third-order valence-corrected chi connectivity index (χ3v) is 6.21. The lowest BCUT2D eigenvalue weighted by Gasteiger charge is -2.17. The van der Waals surface area contributed by atoms with Crippen molar-refractivity contribution in [3.8, 4) is 5.75 Å². The van der Waals surface area contributed by atoms with Crippen molar-refractivity contribution >= 4 is 16.1 Å². The van der Waals surface area contributed by atoms with Crippen molar-refractivity contribution in [1.29, 1.82) is 0 Å². The molecule has 0 amide bonds. The summed E-state index contributed by atoms with van der Waals surface area (Å²) in [5, 5.41) is 10.1. The lowest BCUT2D eigenvalue weighted by Crippen LogP contribution is -2.33. The number of nitrogens with zero attached hydrogens (tertiary/aromatic N) is 2. The molecule has 2 rings (SSSR count). The van der Waals surface area contributed by atoms with Gasteiger partial charge in [-0.15, -0.1) is 0 Å². The first-order valence-electron chi connectivity index (χ1n) is 7.93. The van der Waals surface area contributed by atoms with Gasteiger partial charge in [-0.25, -0.2) is 12.7 Å². The summed E-state index contributed by atoms with van der Waals surface area (Å²) in [6, 6.07) is 7.75. The Morgan fingerprint density at radius 1 is 1.29 bits per heavy atom. The first-order chi connectivity index (χ1) is 11.3. The number of β-amino-alcohol motifs (C(OH)–C–C–N with tert-alkyl or cyclic N) is 1. The van der Waals surface area contributed by atoms with Gasteiger partial charge in [0, 0.05) is 39.6 Å². The van der Waals surface area contributed by atoms with E-state index >= 15 is 0 Å². The van der Waals surface area contributed by atoms with Gasteiger partial charge in [0.05, 0.1) is 19.0 Å². The molecule has 2 atom stereocenters. The van der Waals surface area contributed by atoms with E-state index in [1.165, 1.54) is 18.4 Å². The summed E-state index contributed by atoms with van der Waals surface area (Å²) in [7, 11) is 1.38. The highest BCUT2D eigenvalue weighted by Gasteiger charge is 2.34. The van der Waals surface area contributed by atoms with Gasteiger partial charge in [0.2, 0.25) is 10.0 Å². The van der Waals surface area contributed by atoms with Crippen LogP contribution in [0.15, 0.2) is 30.3 Å². The predicted octanol–water partition coefficient (Wildman–Crippen LogP) is 0.893. The third kappa shape index (κ3) is 5.04. The summed E-state index contributed by atoms with van der Waals surface area (Å²) in [6.07, 6.45) is 3.43. The Morgan fingerprint density at radius 2 is 1.96 bits per heavy atom.